The lowest BCUT2D eigenvalue weighted by molar-refractivity contribution is -0.136. The highest BCUT2D eigenvalue weighted by Crippen LogP contribution is 2.22. The van der Waals surface area contributed by atoms with E-state index in [1.54, 1.807) is 28.6 Å². The second-order valence-electron chi connectivity index (χ2n) is 7.66. The molecule has 4 rings (SSSR count). The average Bonchev–Trinajstić information content (AvgIpc) is 3.35. The van der Waals surface area contributed by atoms with E-state index >= 15 is 0 Å². The molecule has 3 heterocycles. The number of nitrogens with zero attached hydrogens (tertiary/aromatic N) is 6. The van der Waals surface area contributed by atoms with Crippen molar-refractivity contribution >= 4 is 23.4 Å². The molecule has 0 spiro atoms. The van der Waals surface area contributed by atoms with Crippen molar-refractivity contribution in [3.8, 4) is 5.69 Å². The van der Waals surface area contributed by atoms with Crippen molar-refractivity contribution in [1.29, 1.82) is 0 Å². The number of hydrogen-bond donors (Lipinski definition) is 0. The summed E-state index contributed by atoms with van der Waals surface area (Å²) in [5.41, 5.74) is 0.782. The van der Waals surface area contributed by atoms with Crippen LogP contribution in [0.4, 0.5) is 0 Å². The summed E-state index contributed by atoms with van der Waals surface area (Å²) in [6.45, 7) is 5.48. The maximum atomic E-state index is 13.1. The number of likely N-dealkylation sites (tertiary alicyclic amines) is 1. The normalized spacial score (nSPS) is 20.3. The van der Waals surface area contributed by atoms with Gasteiger partial charge in [-0.05, 0) is 51.1 Å². The standard InChI is InChI=1S/C20H25ClN6O2/c1-14-22-18(23-27(14)16-7-5-15(21)6-8-16)20(29)26-9-3-4-17(26)19(28)25-12-10-24(2)11-13-25/h5-8,17H,3-4,9-13H2,1-2H3. The fourth-order valence-electron chi connectivity index (χ4n) is 3.94. The quantitative estimate of drug-likeness (QED) is 0.759. The Hall–Kier alpha value is -2.45. The zero-order chi connectivity index (χ0) is 20.5. The Bertz CT molecular complexity index is 904. The van der Waals surface area contributed by atoms with Crippen molar-refractivity contribution in [2.45, 2.75) is 25.8 Å². The number of piperazine rings is 1. The lowest BCUT2D eigenvalue weighted by atomic mass is 10.1. The molecule has 2 fully saturated rings. The van der Waals surface area contributed by atoms with Gasteiger partial charge in [0.1, 0.15) is 11.9 Å². The molecule has 0 bridgehead atoms. The molecule has 0 saturated carbocycles. The van der Waals surface area contributed by atoms with Crippen molar-refractivity contribution in [1.82, 2.24) is 29.5 Å². The minimum Gasteiger partial charge on any atom is -0.338 e. The molecule has 1 aromatic heterocycles. The predicted molar refractivity (Wildman–Crippen MR) is 109 cm³/mol. The van der Waals surface area contributed by atoms with E-state index in [1.807, 2.05) is 17.0 Å². The summed E-state index contributed by atoms with van der Waals surface area (Å²) in [4.78, 5) is 36.3. The smallest absolute Gasteiger partial charge is 0.294 e. The van der Waals surface area contributed by atoms with Gasteiger partial charge in [-0.25, -0.2) is 9.67 Å². The molecule has 0 N–H and O–H groups in total. The molecule has 0 radical (unpaired) electrons. The summed E-state index contributed by atoms with van der Waals surface area (Å²) in [6, 6.07) is 6.77. The molecule has 0 aliphatic carbocycles. The van der Waals surface area contributed by atoms with Crippen LogP contribution >= 0.6 is 11.6 Å². The minimum absolute atomic E-state index is 0.0396. The largest absolute Gasteiger partial charge is 0.338 e. The van der Waals surface area contributed by atoms with Crippen LogP contribution in [0.3, 0.4) is 0 Å². The van der Waals surface area contributed by atoms with Crippen molar-refractivity contribution in [2.24, 2.45) is 0 Å². The van der Waals surface area contributed by atoms with E-state index in [1.165, 1.54) is 0 Å². The van der Waals surface area contributed by atoms with E-state index in [9.17, 15) is 9.59 Å². The first-order valence-electron chi connectivity index (χ1n) is 9.92. The molecule has 9 heteroatoms. The number of aromatic nitrogens is 3. The first-order valence-corrected chi connectivity index (χ1v) is 10.3. The number of likely N-dealkylation sites (N-methyl/N-ethyl adjacent to an activating group) is 1. The van der Waals surface area contributed by atoms with E-state index in [-0.39, 0.29) is 17.6 Å². The van der Waals surface area contributed by atoms with Gasteiger partial charge in [-0.1, -0.05) is 11.6 Å². The second kappa shape index (κ2) is 8.12. The molecule has 1 atom stereocenters. The SMILES string of the molecule is Cc1nc(C(=O)N2CCCC2C(=O)N2CCN(C)CC2)nn1-c1ccc(Cl)cc1. The first kappa shape index (κ1) is 19.8. The lowest BCUT2D eigenvalue weighted by Gasteiger charge is -2.35. The Morgan fingerprint density at radius 3 is 2.45 bits per heavy atom. The fraction of sp³-hybridized carbons (Fsp3) is 0.500. The van der Waals surface area contributed by atoms with Gasteiger partial charge in [-0.3, -0.25) is 9.59 Å². The third-order valence-electron chi connectivity index (χ3n) is 5.65. The van der Waals surface area contributed by atoms with E-state index in [0.29, 0.717) is 36.9 Å². The topological polar surface area (TPSA) is 74.6 Å². The Morgan fingerprint density at radius 2 is 1.76 bits per heavy atom. The summed E-state index contributed by atoms with van der Waals surface area (Å²) < 4.78 is 1.62. The Labute approximate surface area is 175 Å². The van der Waals surface area contributed by atoms with Crippen LogP contribution in [0.2, 0.25) is 5.02 Å². The molecular weight excluding hydrogens is 392 g/mol. The Morgan fingerprint density at radius 1 is 1.07 bits per heavy atom. The Kier molecular flexibility index (Phi) is 5.56. The molecular formula is C20H25ClN6O2. The maximum Gasteiger partial charge on any atom is 0.294 e. The number of rotatable bonds is 3. The highest BCUT2D eigenvalue weighted by molar-refractivity contribution is 6.30. The number of aryl methyl sites for hydroxylation is 1. The molecule has 154 valence electrons. The van der Waals surface area contributed by atoms with Gasteiger partial charge in [0.05, 0.1) is 5.69 Å². The first-order chi connectivity index (χ1) is 13.9. The summed E-state index contributed by atoms with van der Waals surface area (Å²) in [5.74, 6) is 0.482. The molecule has 29 heavy (non-hydrogen) atoms. The lowest BCUT2D eigenvalue weighted by Crippen LogP contribution is -2.53. The van der Waals surface area contributed by atoms with Gasteiger partial charge in [0.25, 0.3) is 5.91 Å². The van der Waals surface area contributed by atoms with Crippen LogP contribution in [0.15, 0.2) is 24.3 Å². The minimum atomic E-state index is -0.423. The van der Waals surface area contributed by atoms with Crippen molar-refractivity contribution in [2.75, 3.05) is 39.8 Å². The van der Waals surface area contributed by atoms with E-state index < -0.39 is 6.04 Å². The van der Waals surface area contributed by atoms with Gasteiger partial charge in [0.15, 0.2) is 0 Å². The highest BCUT2D eigenvalue weighted by atomic mass is 35.5. The monoisotopic (exact) mass is 416 g/mol. The summed E-state index contributed by atoms with van der Waals surface area (Å²) in [7, 11) is 2.05. The number of benzene rings is 1. The molecule has 2 aromatic rings. The number of amides is 2. The van der Waals surface area contributed by atoms with Crippen LogP contribution in [0.1, 0.15) is 29.3 Å². The zero-order valence-electron chi connectivity index (χ0n) is 16.7. The zero-order valence-corrected chi connectivity index (χ0v) is 17.5. The van der Waals surface area contributed by atoms with Gasteiger partial charge in [-0.15, -0.1) is 5.10 Å². The number of halogens is 1. The van der Waals surface area contributed by atoms with Crippen LogP contribution in [-0.2, 0) is 4.79 Å². The number of carbonyl (C=O) groups excluding carboxylic acids is 2. The van der Waals surface area contributed by atoms with Crippen molar-refractivity contribution < 1.29 is 9.59 Å². The molecule has 2 aliphatic heterocycles. The van der Waals surface area contributed by atoms with Gasteiger partial charge in [0, 0.05) is 37.7 Å². The second-order valence-corrected chi connectivity index (χ2v) is 8.09. The number of carbonyl (C=O) groups is 2. The molecule has 2 aliphatic rings. The van der Waals surface area contributed by atoms with Crippen LogP contribution in [0, 0.1) is 6.92 Å². The highest BCUT2D eigenvalue weighted by Gasteiger charge is 2.38. The van der Waals surface area contributed by atoms with Crippen molar-refractivity contribution in [3.05, 3.63) is 40.9 Å². The van der Waals surface area contributed by atoms with Gasteiger partial charge >= 0.3 is 0 Å². The van der Waals surface area contributed by atoms with Crippen LogP contribution in [0.5, 0.6) is 0 Å². The molecule has 1 unspecified atom stereocenters. The number of hydrogen-bond acceptors (Lipinski definition) is 5. The third-order valence-corrected chi connectivity index (χ3v) is 5.90. The third kappa shape index (κ3) is 4.00. The van der Waals surface area contributed by atoms with Crippen LogP contribution in [-0.4, -0.2) is 87.1 Å². The van der Waals surface area contributed by atoms with Gasteiger partial charge in [0.2, 0.25) is 11.7 Å². The summed E-state index contributed by atoms with van der Waals surface area (Å²) in [6.07, 6.45) is 1.50. The molecule has 2 saturated heterocycles. The predicted octanol–water partition coefficient (Wildman–Crippen LogP) is 1.61. The fourth-order valence-corrected chi connectivity index (χ4v) is 4.07. The van der Waals surface area contributed by atoms with Crippen molar-refractivity contribution in [3.63, 3.8) is 0 Å². The summed E-state index contributed by atoms with van der Waals surface area (Å²) in [5, 5.41) is 5.04. The van der Waals surface area contributed by atoms with Gasteiger partial charge < -0.3 is 14.7 Å². The Balaban J connectivity index is 1.52. The van der Waals surface area contributed by atoms with Gasteiger partial charge in [-0.2, -0.15) is 0 Å². The van der Waals surface area contributed by atoms with E-state index in [4.69, 9.17) is 11.6 Å². The molecule has 1 aromatic carbocycles. The maximum absolute atomic E-state index is 13.1. The molecule has 2 amide bonds. The van der Waals surface area contributed by atoms with Crippen LogP contribution in [0.25, 0.3) is 5.69 Å². The van der Waals surface area contributed by atoms with E-state index in [2.05, 4.69) is 22.0 Å². The van der Waals surface area contributed by atoms with E-state index in [0.717, 1.165) is 25.2 Å². The van der Waals surface area contributed by atoms with Crippen LogP contribution < -0.4 is 0 Å². The molecule has 8 nitrogen and oxygen atoms in total. The summed E-state index contributed by atoms with van der Waals surface area (Å²) >= 11 is 5.95. The average molecular weight is 417 g/mol.